The quantitative estimate of drug-likeness (QED) is 0.519. The highest BCUT2D eigenvalue weighted by Crippen LogP contribution is 2.28. The number of rotatable bonds is 5. The molecular weight excluding hydrogens is 442 g/mol. The Hall–Kier alpha value is -2.30. The van der Waals surface area contributed by atoms with Gasteiger partial charge in [0.05, 0.1) is 11.4 Å². The van der Waals surface area contributed by atoms with Crippen molar-refractivity contribution in [2.75, 3.05) is 4.72 Å². The number of nitrogens with one attached hydrogen (secondary N) is 2. The largest absolute Gasteiger partial charge is 0.516 e. The van der Waals surface area contributed by atoms with Crippen LogP contribution in [-0.2, 0) is 10.0 Å². The van der Waals surface area contributed by atoms with Gasteiger partial charge in [-0.05, 0) is 49.4 Å². The number of anilines is 1. The number of alkyl halides is 3. The average molecular weight is 454 g/mol. The molecule has 0 radical (unpaired) electrons. The lowest BCUT2D eigenvalue weighted by Gasteiger charge is -2.14. The Balaban J connectivity index is 2.30. The van der Waals surface area contributed by atoms with Gasteiger partial charge in [0.15, 0.2) is 0 Å². The molecule has 0 aromatic heterocycles. The maximum absolute atomic E-state index is 12.6. The number of benzene rings is 2. The highest BCUT2D eigenvalue weighted by molar-refractivity contribution is 7.93. The van der Waals surface area contributed by atoms with E-state index in [-0.39, 0.29) is 21.9 Å². The van der Waals surface area contributed by atoms with Crippen LogP contribution >= 0.6 is 23.2 Å². The number of nitrogens with zero attached hydrogens (tertiary/aromatic N) is 1. The van der Waals surface area contributed by atoms with Gasteiger partial charge in [-0.25, -0.2) is 5.43 Å². The van der Waals surface area contributed by atoms with Crippen molar-refractivity contribution >= 4 is 50.5 Å². The zero-order valence-electron chi connectivity index (χ0n) is 14.0. The van der Waals surface area contributed by atoms with Crippen LogP contribution in [0.15, 0.2) is 47.6 Å². The Bertz CT molecular complexity index is 1020. The Labute approximate surface area is 168 Å². The van der Waals surface area contributed by atoms with E-state index in [9.17, 15) is 26.4 Å². The van der Waals surface area contributed by atoms with Gasteiger partial charge in [0, 0.05) is 21.2 Å². The Morgan fingerprint density at radius 2 is 1.61 bits per heavy atom. The first-order valence-corrected chi connectivity index (χ1v) is 9.64. The third-order valence-corrected chi connectivity index (χ3v) is 4.94. The molecule has 0 atom stereocenters. The second kappa shape index (κ2) is 8.38. The monoisotopic (exact) mass is 453 g/mol. The maximum Gasteiger partial charge on any atom is 0.516 e. The minimum Gasteiger partial charge on any atom is -0.275 e. The summed E-state index contributed by atoms with van der Waals surface area (Å²) in [6.45, 7) is 1.36. The molecule has 6 nitrogen and oxygen atoms in total. The highest BCUT2D eigenvalue weighted by Gasteiger charge is 2.46. The zero-order chi connectivity index (χ0) is 21.1. The lowest BCUT2D eigenvalue weighted by molar-refractivity contribution is -0.0429. The molecule has 12 heteroatoms. The van der Waals surface area contributed by atoms with E-state index in [4.69, 9.17) is 23.2 Å². The van der Waals surface area contributed by atoms with Crippen LogP contribution in [0.25, 0.3) is 0 Å². The molecule has 2 aromatic carbocycles. The number of carbonyl (C=O) groups excluding carboxylic acids is 1. The number of sulfonamides is 1. The first kappa shape index (κ1) is 22.0. The molecule has 150 valence electrons. The number of amides is 1. The molecule has 2 aromatic rings. The fraction of sp³-hybridized carbons (Fsp3) is 0.125. The molecule has 0 heterocycles. The molecule has 0 unspecified atom stereocenters. The zero-order valence-corrected chi connectivity index (χ0v) is 16.3. The molecule has 0 fully saturated rings. The Morgan fingerprint density at radius 1 is 1.04 bits per heavy atom. The van der Waals surface area contributed by atoms with E-state index in [0.717, 1.165) is 6.07 Å². The second-order valence-corrected chi connectivity index (χ2v) is 7.93. The van der Waals surface area contributed by atoms with Crippen molar-refractivity contribution in [3.63, 3.8) is 0 Å². The van der Waals surface area contributed by atoms with E-state index in [1.807, 2.05) is 0 Å². The SMILES string of the molecule is CC(=NNC(=O)c1ccc(Cl)cc1)c1cc(Cl)ccc1NS(=O)(=O)C(F)(F)F. The van der Waals surface area contributed by atoms with Gasteiger partial charge in [0.25, 0.3) is 5.91 Å². The van der Waals surface area contributed by atoms with E-state index in [2.05, 4.69) is 10.5 Å². The topological polar surface area (TPSA) is 87.6 Å². The third-order valence-electron chi connectivity index (χ3n) is 3.35. The first-order valence-electron chi connectivity index (χ1n) is 7.40. The van der Waals surface area contributed by atoms with Gasteiger partial charge in [0.2, 0.25) is 0 Å². The second-order valence-electron chi connectivity index (χ2n) is 5.39. The summed E-state index contributed by atoms with van der Waals surface area (Å²) in [4.78, 5) is 12.1. The van der Waals surface area contributed by atoms with E-state index in [1.165, 1.54) is 48.0 Å². The van der Waals surface area contributed by atoms with Gasteiger partial charge >= 0.3 is 15.5 Å². The maximum atomic E-state index is 12.6. The van der Waals surface area contributed by atoms with Gasteiger partial charge in [-0.3, -0.25) is 9.52 Å². The fourth-order valence-electron chi connectivity index (χ4n) is 1.97. The van der Waals surface area contributed by atoms with Crippen molar-refractivity contribution in [3.8, 4) is 0 Å². The summed E-state index contributed by atoms with van der Waals surface area (Å²) < 4.78 is 62.1. The van der Waals surface area contributed by atoms with Crippen molar-refractivity contribution in [3.05, 3.63) is 63.6 Å². The van der Waals surface area contributed by atoms with E-state index in [1.54, 1.807) is 0 Å². The number of halogens is 5. The molecule has 0 bridgehead atoms. The molecule has 2 rings (SSSR count). The van der Waals surface area contributed by atoms with Crippen LogP contribution in [0.3, 0.4) is 0 Å². The van der Waals surface area contributed by atoms with E-state index < -0.39 is 27.1 Å². The summed E-state index contributed by atoms with van der Waals surface area (Å²) in [7, 11) is -5.65. The van der Waals surface area contributed by atoms with Crippen LogP contribution in [0.2, 0.25) is 10.0 Å². The minimum atomic E-state index is -5.65. The molecule has 0 saturated heterocycles. The summed E-state index contributed by atoms with van der Waals surface area (Å²) >= 11 is 11.6. The van der Waals surface area contributed by atoms with Crippen molar-refractivity contribution in [2.45, 2.75) is 12.4 Å². The highest BCUT2D eigenvalue weighted by atomic mass is 35.5. The number of carbonyl (C=O) groups is 1. The number of hydrogen-bond acceptors (Lipinski definition) is 4. The smallest absolute Gasteiger partial charge is 0.275 e. The van der Waals surface area contributed by atoms with E-state index >= 15 is 0 Å². The summed E-state index contributed by atoms with van der Waals surface area (Å²) in [6, 6.07) is 9.36. The summed E-state index contributed by atoms with van der Waals surface area (Å²) in [5, 5.41) is 4.35. The molecule has 0 aliphatic heterocycles. The standard InChI is InChI=1S/C16H12Cl2F3N3O3S/c1-9(22-23-15(25)10-2-4-11(17)5-3-10)13-8-12(18)6-7-14(13)24-28(26,27)16(19,20)21/h2-8,24H,1H3,(H,23,25). The summed E-state index contributed by atoms with van der Waals surface area (Å²) in [5.41, 5.74) is -3.47. The van der Waals surface area contributed by atoms with Crippen LogP contribution in [0.4, 0.5) is 18.9 Å². The lowest BCUT2D eigenvalue weighted by Crippen LogP contribution is -2.30. The predicted molar refractivity (Wildman–Crippen MR) is 101 cm³/mol. The van der Waals surface area contributed by atoms with Crippen molar-refractivity contribution in [1.29, 1.82) is 0 Å². The average Bonchev–Trinajstić information content (AvgIpc) is 2.60. The molecule has 0 saturated carbocycles. The van der Waals surface area contributed by atoms with Crippen LogP contribution in [-0.4, -0.2) is 25.5 Å². The first-order chi connectivity index (χ1) is 12.9. The number of hydrogen-bond donors (Lipinski definition) is 2. The van der Waals surface area contributed by atoms with Gasteiger partial charge in [-0.1, -0.05) is 23.2 Å². The van der Waals surface area contributed by atoms with Crippen molar-refractivity contribution in [1.82, 2.24) is 5.43 Å². The molecule has 28 heavy (non-hydrogen) atoms. The van der Waals surface area contributed by atoms with Crippen molar-refractivity contribution in [2.24, 2.45) is 5.10 Å². The molecule has 0 spiro atoms. The van der Waals surface area contributed by atoms with Crippen LogP contribution < -0.4 is 10.1 Å². The van der Waals surface area contributed by atoms with Crippen LogP contribution in [0, 0.1) is 0 Å². The van der Waals surface area contributed by atoms with Crippen LogP contribution in [0.1, 0.15) is 22.8 Å². The molecule has 0 aliphatic rings. The lowest BCUT2D eigenvalue weighted by atomic mass is 10.1. The van der Waals surface area contributed by atoms with Gasteiger partial charge in [-0.2, -0.15) is 26.7 Å². The summed E-state index contributed by atoms with van der Waals surface area (Å²) in [6.07, 6.45) is 0. The molecular formula is C16H12Cl2F3N3O3S. The normalized spacial score (nSPS) is 12.6. The van der Waals surface area contributed by atoms with Gasteiger partial charge in [0.1, 0.15) is 0 Å². The molecule has 1 amide bonds. The molecule has 0 aliphatic carbocycles. The van der Waals surface area contributed by atoms with Crippen LogP contribution in [0.5, 0.6) is 0 Å². The fourth-order valence-corrected chi connectivity index (χ4v) is 2.85. The minimum absolute atomic E-state index is 0.0182. The number of hydrazone groups is 1. The van der Waals surface area contributed by atoms with E-state index in [0.29, 0.717) is 5.02 Å². The molecule has 2 N–H and O–H groups in total. The third kappa shape index (κ3) is 5.37. The van der Waals surface area contributed by atoms with Gasteiger partial charge in [-0.15, -0.1) is 0 Å². The summed E-state index contributed by atoms with van der Waals surface area (Å²) in [5.74, 6) is -0.601. The Morgan fingerprint density at radius 3 is 2.18 bits per heavy atom. The Kier molecular flexibility index (Phi) is 6.58. The van der Waals surface area contributed by atoms with Gasteiger partial charge < -0.3 is 0 Å². The van der Waals surface area contributed by atoms with Crippen molar-refractivity contribution < 1.29 is 26.4 Å². The predicted octanol–water partition coefficient (Wildman–Crippen LogP) is 4.41.